The monoisotopic (exact) mass is 496 g/mol. The van der Waals surface area contributed by atoms with Crippen LogP contribution in [0.3, 0.4) is 0 Å². The van der Waals surface area contributed by atoms with Gasteiger partial charge in [-0.05, 0) is 45.0 Å². The number of carbonyl (C=O) groups is 1. The first kappa shape index (κ1) is 24.4. The molecule has 0 fully saturated rings. The summed E-state index contributed by atoms with van der Waals surface area (Å²) < 4.78 is 12.7. The molecule has 7 nitrogen and oxygen atoms in total. The maximum atomic E-state index is 13.2. The van der Waals surface area contributed by atoms with Crippen molar-refractivity contribution in [1.82, 2.24) is 0 Å². The molecule has 0 radical (unpaired) electrons. The fourth-order valence-electron chi connectivity index (χ4n) is 5.44. The zero-order valence-electron chi connectivity index (χ0n) is 21.9. The minimum atomic E-state index is -1.27. The van der Waals surface area contributed by atoms with Crippen molar-refractivity contribution >= 4 is 28.9 Å². The molecule has 1 unspecified atom stereocenters. The van der Waals surface area contributed by atoms with Crippen LogP contribution in [0.15, 0.2) is 83.0 Å². The van der Waals surface area contributed by atoms with E-state index in [1.807, 2.05) is 49.5 Å². The van der Waals surface area contributed by atoms with Gasteiger partial charge >= 0.3 is 5.97 Å². The molecule has 2 heterocycles. The average Bonchev–Trinajstić information content (AvgIpc) is 3.21. The SMILES string of the molecule is CCN(CC)c1cc2c(cc1N(C)c1ccccc1)C1(OC(=O)c3ccccc31)C(=C(C)N)C(=NC)O2. The van der Waals surface area contributed by atoms with Gasteiger partial charge in [-0.3, -0.25) is 4.99 Å². The van der Waals surface area contributed by atoms with Crippen LogP contribution in [-0.4, -0.2) is 39.1 Å². The van der Waals surface area contributed by atoms with Crippen LogP contribution < -0.4 is 20.3 Å². The van der Waals surface area contributed by atoms with Crippen LogP contribution in [0.4, 0.5) is 17.1 Å². The summed E-state index contributed by atoms with van der Waals surface area (Å²) in [5.41, 5.74) is 11.2. The Morgan fingerprint density at radius 1 is 0.973 bits per heavy atom. The van der Waals surface area contributed by atoms with Gasteiger partial charge in [0.25, 0.3) is 0 Å². The largest absolute Gasteiger partial charge is 0.440 e. The van der Waals surface area contributed by atoms with Gasteiger partial charge in [0, 0.05) is 50.2 Å². The standard InChI is InChI=1S/C30H32N4O3/c1-6-34(7-2)25-18-26-23(17-24(25)33(5)20-13-9-8-10-14-20)30(27(19(3)31)28(32-4)36-26)22-16-12-11-15-21(22)29(35)37-30/h8-18H,6-7,31H2,1-5H3. The Labute approximate surface area is 217 Å². The van der Waals surface area contributed by atoms with E-state index in [-0.39, 0.29) is 0 Å². The Morgan fingerprint density at radius 2 is 1.65 bits per heavy atom. The number of anilines is 3. The maximum Gasteiger partial charge on any atom is 0.340 e. The van der Waals surface area contributed by atoms with E-state index in [0.29, 0.717) is 34.0 Å². The molecule has 0 saturated heterocycles. The second-order valence-electron chi connectivity index (χ2n) is 9.21. The van der Waals surface area contributed by atoms with Gasteiger partial charge in [-0.2, -0.15) is 0 Å². The van der Waals surface area contributed by atoms with Crippen molar-refractivity contribution < 1.29 is 14.3 Å². The molecule has 0 bridgehead atoms. The van der Waals surface area contributed by atoms with E-state index in [1.165, 1.54) is 0 Å². The molecule has 2 N–H and O–H groups in total. The lowest BCUT2D eigenvalue weighted by atomic mass is 9.76. The highest BCUT2D eigenvalue weighted by Crippen LogP contribution is 2.55. The molecule has 2 aliphatic rings. The van der Waals surface area contributed by atoms with Crippen molar-refractivity contribution in [3.05, 3.63) is 94.7 Å². The van der Waals surface area contributed by atoms with E-state index >= 15 is 0 Å². The number of hydrogen-bond donors (Lipinski definition) is 1. The van der Waals surface area contributed by atoms with Crippen LogP contribution in [0, 0.1) is 0 Å². The third-order valence-corrected chi connectivity index (χ3v) is 7.21. The van der Waals surface area contributed by atoms with Crippen molar-refractivity contribution in [3.8, 4) is 5.75 Å². The molecule has 2 aliphatic heterocycles. The Hall–Kier alpha value is -4.26. The minimum absolute atomic E-state index is 0.340. The Bertz CT molecular complexity index is 1420. The fraction of sp³-hybridized carbons (Fsp3) is 0.267. The summed E-state index contributed by atoms with van der Waals surface area (Å²) in [7, 11) is 3.70. The van der Waals surface area contributed by atoms with E-state index in [0.717, 1.165) is 35.7 Å². The van der Waals surface area contributed by atoms with Crippen LogP contribution >= 0.6 is 0 Å². The quantitative estimate of drug-likeness (QED) is 0.479. The molecule has 5 rings (SSSR count). The smallest absolute Gasteiger partial charge is 0.340 e. The number of carbonyl (C=O) groups excluding carboxylic acids is 1. The van der Waals surface area contributed by atoms with Gasteiger partial charge in [-0.15, -0.1) is 0 Å². The van der Waals surface area contributed by atoms with Gasteiger partial charge < -0.3 is 25.0 Å². The van der Waals surface area contributed by atoms with Crippen molar-refractivity contribution in [2.24, 2.45) is 10.7 Å². The van der Waals surface area contributed by atoms with Crippen LogP contribution in [0.25, 0.3) is 0 Å². The van der Waals surface area contributed by atoms with E-state index in [1.54, 1.807) is 20.0 Å². The van der Waals surface area contributed by atoms with Crippen molar-refractivity contribution in [1.29, 1.82) is 0 Å². The van der Waals surface area contributed by atoms with E-state index in [2.05, 4.69) is 46.8 Å². The fourth-order valence-corrected chi connectivity index (χ4v) is 5.44. The van der Waals surface area contributed by atoms with Gasteiger partial charge in [0.05, 0.1) is 28.1 Å². The summed E-state index contributed by atoms with van der Waals surface area (Å²) in [4.78, 5) is 22.1. The van der Waals surface area contributed by atoms with Crippen molar-refractivity contribution in [3.63, 3.8) is 0 Å². The first-order valence-electron chi connectivity index (χ1n) is 12.5. The lowest BCUT2D eigenvalue weighted by Gasteiger charge is -2.40. The first-order valence-corrected chi connectivity index (χ1v) is 12.5. The van der Waals surface area contributed by atoms with Gasteiger partial charge in [-0.1, -0.05) is 36.4 Å². The molecule has 37 heavy (non-hydrogen) atoms. The minimum Gasteiger partial charge on any atom is -0.440 e. The van der Waals surface area contributed by atoms with Gasteiger partial charge in [0.1, 0.15) is 5.75 Å². The number of aliphatic imine (C=N–C) groups is 1. The number of hydrogen-bond acceptors (Lipinski definition) is 7. The van der Waals surface area contributed by atoms with Crippen LogP contribution in [-0.2, 0) is 10.3 Å². The topological polar surface area (TPSA) is 80.4 Å². The number of rotatable bonds is 5. The van der Waals surface area contributed by atoms with E-state index in [4.69, 9.17) is 15.2 Å². The van der Waals surface area contributed by atoms with E-state index in [9.17, 15) is 4.79 Å². The number of fused-ring (bicyclic) bond motifs is 4. The summed E-state index contributed by atoms with van der Waals surface area (Å²) in [6, 6.07) is 21.7. The van der Waals surface area contributed by atoms with Crippen molar-refractivity contribution in [2.45, 2.75) is 26.4 Å². The summed E-state index contributed by atoms with van der Waals surface area (Å²) in [6.07, 6.45) is 0. The lowest BCUT2D eigenvalue weighted by Crippen LogP contribution is -2.42. The summed E-state index contributed by atoms with van der Waals surface area (Å²) in [6.45, 7) is 7.67. The number of nitrogens with two attached hydrogens (primary N) is 1. The molecule has 3 aromatic carbocycles. The maximum absolute atomic E-state index is 13.2. The normalized spacial score (nSPS) is 20.2. The summed E-state index contributed by atoms with van der Waals surface area (Å²) in [5, 5.41) is 0. The van der Waals surface area contributed by atoms with Crippen LogP contribution in [0.1, 0.15) is 42.3 Å². The molecule has 7 heteroatoms. The molecular formula is C30H32N4O3. The molecule has 190 valence electrons. The number of nitrogens with zero attached hydrogens (tertiary/aromatic N) is 3. The third-order valence-electron chi connectivity index (χ3n) is 7.21. The second-order valence-corrected chi connectivity index (χ2v) is 9.21. The first-order chi connectivity index (χ1) is 17.9. The summed E-state index contributed by atoms with van der Waals surface area (Å²) in [5.74, 6) is 0.525. The highest BCUT2D eigenvalue weighted by atomic mass is 16.6. The molecule has 0 aliphatic carbocycles. The summed E-state index contributed by atoms with van der Waals surface area (Å²) >= 11 is 0. The zero-order valence-corrected chi connectivity index (χ0v) is 21.9. The Morgan fingerprint density at radius 3 is 2.30 bits per heavy atom. The predicted octanol–water partition coefficient (Wildman–Crippen LogP) is 5.37. The molecule has 1 atom stereocenters. The Balaban J connectivity index is 1.87. The van der Waals surface area contributed by atoms with Gasteiger partial charge in [0.2, 0.25) is 5.90 Å². The number of esters is 1. The average molecular weight is 497 g/mol. The Kier molecular flexibility index (Phi) is 6.15. The predicted molar refractivity (Wildman–Crippen MR) is 148 cm³/mol. The lowest BCUT2D eigenvalue weighted by molar-refractivity contribution is 0.0231. The third kappa shape index (κ3) is 3.65. The van der Waals surface area contributed by atoms with Crippen LogP contribution in [0.5, 0.6) is 5.75 Å². The van der Waals surface area contributed by atoms with Crippen LogP contribution in [0.2, 0.25) is 0 Å². The zero-order chi connectivity index (χ0) is 26.3. The molecule has 3 aromatic rings. The number of allylic oxidation sites excluding steroid dienone is 1. The highest BCUT2D eigenvalue weighted by molar-refractivity contribution is 6.06. The molecule has 0 amide bonds. The molecule has 0 saturated carbocycles. The van der Waals surface area contributed by atoms with E-state index < -0.39 is 11.6 Å². The van der Waals surface area contributed by atoms with Gasteiger partial charge in [0.15, 0.2) is 5.60 Å². The van der Waals surface area contributed by atoms with Gasteiger partial charge in [-0.25, -0.2) is 4.79 Å². The second kappa shape index (κ2) is 9.32. The number of para-hydroxylation sites is 1. The van der Waals surface area contributed by atoms with Crippen molar-refractivity contribution in [2.75, 3.05) is 37.0 Å². The molecular weight excluding hydrogens is 464 g/mol. The number of ether oxygens (including phenoxy) is 2. The highest BCUT2D eigenvalue weighted by Gasteiger charge is 2.56. The number of benzene rings is 3. The molecule has 1 spiro atoms. The molecule has 0 aromatic heterocycles.